The number of halogens is 2. The van der Waals surface area contributed by atoms with Gasteiger partial charge in [0.15, 0.2) is 0 Å². The monoisotopic (exact) mass is 275 g/mol. The molecule has 0 saturated heterocycles. The zero-order chi connectivity index (χ0) is 10.7. The van der Waals surface area contributed by atoms with Crippen molar-refractivity contribution >= 4 is 24.8 Å². The first-order chi connectivity index (χ1) is 7.27. The molecule has 1 aliphatic rings. The standard InChI is InChI=1S/C12H17N3.2ClH/c1-9(13)5-4-8-12-10-6-2-3-7-11(10)14-15-12;;/h9H,2-3,5-7,13H2,1H3,(H,14,15);2*1H/t9-;;/m0../s1. The fourth-order valence-electron chi connectivity index (χ4n) is 1.88. The van der Waals surface area contributed by atoms with Gasteiger partial charge in [-0.3, -0.25) is 5.10 Å². The average molecular weight is 276 g/mol. The third-order valence-electron chi connectivity index (χ3n) is 2.69. The van der Waals surface area contributed by atoms with E-state index >= 15 is 0 Å². The van der Waals surface area contributed by atoms with E-state index < -0.39 is 0 Å². The first-order valence-corrected chi connectivity index (χ1v) is 5.58. The third-order valence-corrected chi connectivity index (χ3v) is 2.69. The van der Waals surface area contributed by atoms with Gasteiger partial charge < -0.3 is 5.73 Å². The van der Waals surface area contributed by atoms with E-state index in [2.05, 4.69) is 22.0 Å². The molecule has 1 aromatic rings. The Kier molecular flexibility index (Phi) is 7.29. The maximum absolute atomic E-state index is 5.64. The van der Waals surface area contributed by atoms with Crippen molar-refractivity contribution < 1.29 is 0 Å². The van der Waals surface area contributed by atoms with Gasteiger partial charge in [-0.2, -0.15) is 5.10 Å². The smallest absolute Gasteiger partial charge is 0.138 e. The molecule has 0 amide bonds. The molecule has 0 fully saturated rings. The van der Waals surface area contributed by atoms with Gasteiger partial charge in [0.1, 0.15) is 5.69 Å². The lowest BCUT2D eigenvalue weighted by Gasteiger charge is -2.08. The number of aromatic nitrogens is 2. The number of fused-ring (bicyclic) bond motifs is 1. The number of hydrogen-bond acceptors (Lipinski definition) is 2. The zero-order valence-corrected chi connectivity index (χ0v) is 11.6. The van der Waals surface area contributed by atoms with Crippen LogP contribution in [0.4, 0.5) is 0 Å². The van der Waals surface area contributed by atoms with Crippen molar-refractivity contribution in [3.63, 3.8) is 0 Å². The number of H-pyrrole nitrogens is 1. The summed E-state index contributed by atoms with van der Waals surface area (Å²) in [6, 6.07) is 0.146. The Hall–Kier alpha value is -0.690. The maximum atomic E-state index is 5.64. The molecule has 3 N–H and O–H groups in total. The number of aryl methyl sites for hydroxylation is 1. The van der Waals surface area contributed by atoms with E-state index in [1.807, 2.05) is 6.92 Å². The van der Waals surface area contributed by atoms with Crippen LogP contribution in [-0.4, -0.2) is 16.2 Å². The minimum atomic E-state index is 0. The summed E-state index contributed by atoms with van der Waals surface area (Å²) in [5.41, 5.74) is 9.19. The molecule has 2 rings (SSSR count). The summed E-state index contributed by atoms with van der Waals surface area (Å²) in [7, 11) is 0. The first kappa shape index (κ1) is 16.3. The molecule has 5 heteroatoms. The molecule has 0 bridgehead atoms. The molecule has 96 valence electrons. The summed E-state index contributed by atoms with van der Waals surface area (Å²) in [4.78, 5) is 0. The van der Waals surface area contributed by atoms with E-state index in [1.165, 1.54) is 24.1 Å². The maximum Gasteiger partial charge on any atom is 0.138 e. The fourth-order valence-corrected chi connectivity index (χ4v) is 1.88. The van der Waals surface area contributed by atoms with E-state index in [0.29, 0.717) is 0 Å². The molecule has 1 heterocycles. The SMILES string of the molecule is C[C@H](N)CC#Cc1n[nH]c2c1CCCC2.Cl.Cl. The summed E-state index contributed by atoms with van der Waals surface area (Å²) >= 11 is 0. The molecular weight excluding hydrogens is 257 g/mol. The largest absolute Gasteiger partial charge is 0.327 e. The van der Waals surface area contributed by atoms with Crippen LogP contribution in [0.15, 0.2) is 0 Å². The predicted molar refractivity (Wildman–Crippen MR) is 74.9 cm³/mol. The number of rotatable bonds is 1. The predicted octanol–water partition coefficient (Wildman–Crippen LogP) is 2.22. The lowest BCUT2D eigenvalue weighted by Crippen LogP contribution is -2.12. The summed E-state index contributed by atoms with van der Waals surface area (Å²) in [5.74, 6) is 6.19. The Morgan fingerprint density at radius 2 is 2.06 bits per heavy atom. The number of nitrogens with zero attached hydrogens (tertiary/aromatic N) is 1. The van der Waals surface area contributed by atoms with Crippen LogP contribution in [0.3, 0.4) is 0 Å². The third kappa shape index (κ3) is 4.23. The van der Waals surface area contributed by atoms with Crippen LogP contribution in [0.25, 0.3) is 0 Å². The molecule has 0 radical (unpaired) electrons. The Balaban J connectivity index is 0.00000128. The highest BCUT2D eigenvalue weighted by Crippen LogP contribution is 2.21. The highest BCUT2D eigenvalue weighted by Gasteiger charge is 2.14. The van der Waals surface area contributed by atoms with Crippen molar-refractivity contribution in [2.75, 3.05) is 0 Å². The highest BCUT2D eigenvalue weighted by atomic mass is 35.5. The van der Waals surface area contributed by atoms with Crippen molar-refractivity contribution in [2.24, 2.45) is 5.73 Å². The molecule has 0 aliphatic heterocycles. The van der Waals surface area contributed by atoms with E-state index in [1.54, 1.807) is 0 Å². The van der Waals surface area contributed by atoms with E-state index in [-0.39, 0.29) is 30.9 Å². The Labute approximate surface area is 115 Å². The first-order valence-electron chi connectivity index (χ1n) is 5.58. The molecule has 0 aromatic carbocycles. The molecule has 17 heavy (non-hydrogen) atoms. The van der Waals surface area contributed by atoms with Gasteiger partial charge in [-0.15, -0.1) is 24.8 Å². The molecule has 0 spiro atoms. The van der Waals surface area contributed by atoms with Crippen molar-refractivity contribution in [2.45, 2.75) is 45.1 Å². The molecule has 0 unspecified atom stereocenters. The minimum absolute atomic E-state index is 0. The topological polar surface area (TPSA) is 54.7 Å². The summed E-state index contributed by atoms with van der Waals surface area (Å²) in [6.07, 6.45) is 5.50. The van der Waals surface area contributed by atoms with Crippen LogP contribution in [0.5, 0.6) is 0 Å². The molecule has 3 nitrogen and oxygen atoms in total. The zero-order valence-electron chi connectivity index (χ0n) is 9.95. The van der Waals surface area contributed by atoms with Gasteiger partial charge in [0.2, 0.25) is 0 Å². The van der Waals surface area contributed by atoms with E-state index in [0.717, 1.165) is 25.0 Å². The van der Waals surface area contributed by atoms with Crippen molar-refractivity contribution in [1.82, 2.24) is 10.2 Å². The lowest BCUT2D eigenvalue weighted by atomic mass is 9.96. The number of nitrogens with one attached hydrogen (secondary N) is 1. The second-order valence-corrected chi connectivity index (χ2v) is 4.22. The van der Waals surface area contributed by atoms with Crippen LogP contribution >= 0.6 is 24.8 Å². The summed E-state index contributed by atoms with van der Waals surface area (Å²) in [5, 5.41) is 7.34. The number of hydrogen-bond donors (Lipinski definition) is 2. The number of aromatic amines is 1. The van der Waals surface area contributed by atoms with Crippen LogP contribution in [0.2, 0.25) is 0 Å². The van der Waals surface area contributed by atoms with Gasteiger partial charge in [0.25, 0.3) is 0 Å². The Bertz CT molecular complexity index is 402. The van der Waals surface area contributed by atoms with Gasteiger partial charge >= 0.3 is 0 Å². The van der Waals surface area contributed by atoms with Gasteiger partial charge in [0.05, 0.1) is 0 Å². The minimum Gasteiger partial charge on any atom is -0.327 e. The van der Waals surface area contributed by atoms with Crippen LogP contribution in [-0.2, 0) is 12.8 Å². The van der Waals surface area contributed by atoms with Gasteiger partial charge in [-0.1, -0.05) is 5.92 Å². The van der Waals surface area contributed by atoms with Crippen LogP contribution in [0.1, 0.15) is 43.1 Å². The lowest BCUT2D eigenvalue weighted by molar-refractivity contribution is 0.674. The van der Waals surface area contributed by atoms with Crippen molar-refractivity contribution in [1.29, 1.82) is 0 Å². The number of nitrogens with two attached hydrogens (primary N) is 1. The van der Waals surface area contributed by atoms with Crippen LogP contribution in [0, 0.1) is 11.8 Å². The average Bonchev–Trinajstić information content (AvgIpc) is 2.62. The fraction of sp³-hybridized carbons (Fsp3) is 0.583. The Morgan fingerprint density at radius 1 is 1.35 bits per heavy atom. The Morgan fingerprint density at radius 3 is 2.76 bits per heavy atom. The second-order valence-electron chi connectivity index (χ2n) is 4.22. The second kappa shape index (κ2) is 7.60. The highest BCUT2D eigenvalue weighted by molar-refractivity contribution is 5.85. The summed E-state index contributed by atoms with van der Waals surface area (Å²) in [6.45, 7) is 1.97. The molecule has 1 aliphatic carbocycles. The molecular formula is C12H19Cl2N3. The van der Waals surface area contributed by atoms with Crippen molar-refractivity contribution in [3.8, 4) is 11.8 Å². The normalized spacial score (nSPS) is 14.5. The van der Waals surface area contributed by atoms with Gasteiger partial charge in [-0.25, -0.2) is 0 Å². The van der Waals surface area contributed by atoms with E-state index in [9.17, 15) is 0 Å². The van der Waals surface area contributed by atoms with Gasteiger partial charge in [0, 0.05) is 23.7 Å². The van der Waals surface area contributed by atoms with Gasteiger partial charge in [-0.05, 0) is 38.5 Å². The summed E-state index contributed by atoms with van der Waals surface area (Å²) < 4.78 is 0. The quantitative estimate of drug-likeness (QED) is 0.773. The molecule has 1 atom stereocenters. The van der Waals surface area contributed by atoms with Crippen LogP contribution < -0.4 is 5.73 Å². The van der Waals surface area contributed by atoms with E-state index in [4.69, 9.17) is 5.73 Å². The molecule has 0 saturated carbocycles. The van der Waals surface area contributed by atoms with Crippen molar-refractivity contribution in [3.05, 3.63) is 17.0 Å². The molecule has 1 aromatic heterocycles.